The van der Waals surface area contributed by atoms with Gasteiger partial charge >= 0.3 is 12.1 Å². The van der Waals surface area contributed by atoms with Gasteiger partial charge in [-0.1, -0.05) is 121 Å². The molecule has 0 aliphatic carbocycles. The molecule has 0 heterocycles. The second kappa shape index (κ2) is 13.6. The van der Waals surface area contributed by atoms with Crippen molar-refractivity contribution in [3.8, 4) is 0 Å². The summed E-state index contributed by atoms with van der Waals surface area (Å²) in [5.41, 5.74) is 0.830. The van der Waals surface area contributed by atoms with Crippen LogP contribution in [0, 0.1) is 0 Å². The molecule has 0 aromatic heterocycles. The molecule has 0 fully saturated rings. The van der Waals surface area contributed by atoms with Crippen LogP contribution < -0.4 is 15.9 Å². The Balaban J connectivity index is 1.88. The maximum atomic E-state index is 14.3. The monoisotopic (exact) mass is 553 g/mol. The van der Waals surface area contributed by atoms with Gasteiger partial charge in [-0.3, -0.25) is 4.79 Å². The molecule has 4 aromatic carbocycles. The van der Waals surface area contributed by atoms with E-state index in [9.17, 15) is 14.4 Å². The van der Waals surface area contributed by atoms with E-state index in [4.69, 9.17) is 9.47 Å². The van der Waals surface area contributed by atoms with Gasteiger partial charge in [0.05, 0.1) is 13.2 Å². The highest BCUT2D eigenvalue weighted by Gasteiger charge is 2.38. The number of hydrogen-bond acceptors (Lipinski definition) is 5. The summed E-state index contributed by atoms with van der Waals surface area (Å²) in [5, 5.41) is 2.52. The predicted octanol–water partition coefficient (Wildman–Crippen LogP) is 4.55. The first-order chi connectivity index (χ1) is 19.5. The molecule has 0 atom stereocenters. The molecule has 0 radical (unpaired) electrons. The van der Waals surface area contributed by atoms with E-state index in [0.717, 1.165) is 21.5 Å². The summed E-state index contributed by atoms with van der Waals surface area (Å²) >= 11 is 0. The van der Waals surface area contributed by atoms with Crippen molar-refractivity contribution in [3.05, 3.63) is 127 Å². The van der Waals surface area contributed by atoms with E-state index in [1.165, 1.54) is 11.9 Å². The molecular weight excluding hydrogens is 521 g/mol. The van der Waals surface area contributed by atoms with Gasteiger partial charge in [0.1, 0.15) is 11.9 Å². The van der Waals surface area contributed by atoms with Crippen LogP contribution in [-0.4, -0.2) is 48.2 Å². The molecule has 0 saturated carbocycles. The Hall–Kier alpha value is -4.41. The molecule has 40 heavy (non-hydrogen) atoms. The molecule has 0 saturated heterocycles. The van der Waals surface area contributed by atoms with Crippen LogP contribution >= 0.6 is 6.89 Å². The Morgan fingerprint density at radius 1 is 0.650 bits per heavy atom. The van der Waals surface area contributed by atoms with Crippen LogP contribution in [0.1, 0.15) is 12.5 Å². The first-order valence-electron chi connectivity index (χ1n) is 13.0. The smallest absolute Gasteiger partial charge is 0.410 e. The van der Waals surface area contributed by atoms with Crippen LogP contribution in [0.2, 0.25) is 0 Å². The molecule has 6 nitrogen and oxygen atoms in total. The van der Waals surface area contributed by atoms with Crippen molar-refractivity contribution in [1.82, 2.24) is 4.90 Å². The van der Waals surface area contributed by atoms with Crippen LogP contribution in [0.5, 0.6) is 0 Å². The van der Waals surface area contributed by atoms with Gasteiger partial charge in [-0.2, -0.15) is 0 Å². The zero-order valence-corrected chi connectivity index (χ0v) is 23.5. The zero-order chi connectivity index (χ0) is 28.4. The van der Waals surface area contributed by atoms with E-state index in [0.29, 0.717) is 0 Å². The summed E-state index contributed by atoms with van der Waals surface area (Å²) < 4.78 is 11.0. The first kappa shape index (κ1) is 28.6. The number of Topliss-reactive ketones (excluding diaryl/α,β-unsaturated/α-hetero) is 1. The third-order valence-electron chi connectivity index (χ3n) is 6.40. The van der Waals surface area contributed by atoms with Crippen LogP contribution in [0.15, 0.2) is 121 Å². The lowest BCUT2D eigenvalue weighted by atomic mass is 10.2. The number of ether oxygens (including phenoxy) is 2. The van der Waals surface area contributed by atoms with Gasteiger partial charge in [0, 0.05) is 7.05 Å². The minimum Gasteiger partial charge on any atom is -0.462 e. The van der Waals surface area contributed by atoms with Crippen molar-refractivity contribution in [2.45, 2.75) is 13.5 Å². The number of likely N-dealkylation sites (N-methyl/N-ethyl adjacent to an activating group) is 1. The van der Waals surface area contributed by atoms with Crippen LogP contribution in [-0.2, 0) is 25.7 Å². The molecule has 0 bridgehead atoms. The van der Waals surface area contributed by atoms with Gasteiger partial charge in [-0.15, -0.1) is 0 Å². The Bertz CT molecular complexity index is 1390. The third kappa shape index (κ3) is 6.24. The Labute approximate surface area is 235 Å². The van der Waals surface area contributed by atoms with Crippen molar-refractivity contribution in [2.24, 2.45) is 0 Å². The van der Waals surface area contributed by atoms with Crippen LogP contribution in [0.4, 0.5) is 4.79 Å². The predicted molar refractivity (Wildman–Crippen MR) is 161 cm³/mol. The van der Waals surface area contributed by atoms with Gasteiger partial charge in [-0.25, -0.2) is 9.59 Å². The molecule has 204 valence electrons. The van der Waals surface area contributed by atoms with E-state index in [2.05, 4.69) is 0 Å². The van der Waals surface area contributed by atoms with E-state index in [-0.39, 0.29) is 25.1 Å². The molecule has 4 aromatic rings. The standard InChI is InChI=1S/C33H32NO5P/c1-3-38-32(36)31(30(35)24-34(2)33(37)39-25-26-16-8-4-9-17-26)40(27-18-10-5-11-19-27,28-20-12-6-13-21-28)29-22-14-7-15-23-29/h4-23H,3,24-25H2,1-2H3. The summed E-state index contributed by atoms with van der Waals surface area (Å²) in [6, 6.07) is 38.0. The third-order valence-corrected chi connectivity index (χ3v) is 10.7. The molecular formula is C33H32NO5P. The highest BCUT2D eigenvalue weighted by atomic mass is 31.2. The summed E-state index contributed by atoms with van der Waals surface area (Å²) in [6.07, 6.45) is -0.663. The van der Waals surface area contributed by atoms with E-state index >= 15 is 0 Å². The second-order valence-corrected chi connectivity index (χ2v) is 12.4. The molecule has 1 amide bonds. The van der Waals surface area contributed by atoms with E-state index in [1.54, 1.807) is 6.92 Å². The van der Waals surface area contributed by atoms with Gasteiger partial charge in [0.15, 0.2) is 5.78 Å². The second-order valence-electron chi connectivity index (χ2n) is 9.07. The van der Waals surface area contributed by atoms with Crippen molar-refractivity contribution >= 4 is 45.9 Å². The normalized spacial score (nSPS) is 10.8. The first-order valence-corrected chi connectivity index (χ1v) is 14.8. The fourth-order valence-electron chi connectivity index (χ4n) is 4.61. The van der Waals surface area contributed by atoms with E-state index in [1.807, 2.05) is 121 Å². The fraction of sp³-hybridized carbons (Fsp3) is 0.152. The quantitative estimate of drug-likeness (QED) is 0.164. The number of rotatable bonds is 10. The molecule has 0 spiro atoms. The fourth-order valence-corrected chi connectivity index (χ4v) is 8.92. The number of esters is 1. The van der Waals surface area contributed by atoms with Crippen LogP contribution in [0.25, 0.3) is 0 Å². The van der Waals surface area contributed by atoms with E-state index < -0.39 is 24.7 Å². The summed E-state index contributed by atoms with van der Waals surface area (Å²) in [7, 11) is 1.49. The highest BCUT2D eigenvalue weighted by molar-refractivity contribution is 7.97. The molecule has 0 aliphatic heterocycles. The lowest BCUT2D eigenvalue weighted by molar-refractivity contribution is -0.135. The Morgan fingerprint density at radius 2 is 1.07 bits per heavy atom. The van der Waals surface area contributed by atoms with Crippen molar-refractivity contribution in [2.75, 3.05) is 20.2 Å². The lowest BCUT2D eigenvalue weighted by Crippen LogP contribution is -2.43. The molecule has 4 rings (SSSR count). The van der Waals surface area contributed by atoms with Gasteiger partial charge < -0.3 is 14.4 Å². The maximum absolute atomic E-state index is 14.3. The van der Waals surface area contributed by atoms with Gasteiger partial charge in [0.25, 0.3) is 0 Å². The largest absolute Gasteiger partial charge is 0.462 e. The number of carbonyl (C=O) groups excluding carboxylic acids is 3. The van der Waals surface area contributed by atoms with Crippen molar-refractivity contribution < 1.29 is 23.9 Å². The average molecular weight is 554 g/mol. The Morgan fingerprint density at radius 3 is 1.50 bits per heavy atom. The van der Waals surface area contributed by atoms with Gasteiger partial charge in [-0.05, 0) is 35.3 Å². The lowest BCUT2D eigenvalue weighted by Gasteiger charge is -2.32. The van der Waals surface area contributed by atoms with Crippen LogP contribution in [0.3, 0.4) is 0 Å². The topological polar surface area (TPSA) is 72.9 Å². The number of nitrogens with zero attached hydrogens (tertiary/aromatic N) is 1. The molecule has 0 unspecified atom stereocenters. The van der Waals surface area contributed by atoms with Crippen molar-refractivity contribution in [3.63, 3.8) is 0 Å². The number of benzene rings is 4. The number of ketones is 1. The zero-order valence-electron chi connectivity index (χ0n) is 22.6. The molecule has 7 heteroatoms. The minimum absolute atomic E-state index is 0.0284. The summed E-state index contributed by atoms with van der Waals surface area (Å²) in [6.45, 7) is -1.51. The summed E-state index contributed by atoms with van der Waals surface area (Å²) in [4.78, 5) is 42.1. The Kier molecular flexibility index (Phi) is 9.71. The summed E-state index contributed by atoms with van der Waals surface area (Å²) in [5.74, 6) is -1.19. The van der Waals surface area contributed by atoms with Gasteiger partial charge in [0.2, 0.25) is 0 Å². The molecule has 0 aliphatic rings. The number of hydrogen-bond donors (Lipinski definition) is 0. The molecule has 0 N–H and O–H groups in total. The number of carbonyl (C=O) groups is 3. The SMILES string of the molecule is CCOC(=O)C(C(=O)CN(C)C(=O)OCc1ccccc1)=P(c1ccccc1)(c1ccccc1)c1ccccc1. The maximum Gasteiger partial charge on any atom is 0.410 e. The highest BCUT2D eigenvalue weighted by Crippen LogP contribution is 2.46. The average Bonchev–Trinajstić information content (AvgIpc) is 3.00. The van der Waals surface area contributed by atoms with Crippen molar-refractivity contribution in [1.29, 1.82) is 0 Å². The number of amides is 1. The minimum atomic E-state index is -3.04.